The van der Waals surface area contributed by atoms with E-state index in [-0.39, 0.29) is 11.6 Å². The third-order valence-corrected chi connectivity index (χ3v) is 3.61. The Balaban J connectivity index is 1.95. The SMILES string of the molecule is C[N+]#Cc1ccc(-c2ccc(-c3ccc(O)cc3)cc2F)cc1. The summed E-state index contributed by atoms with van der Waals surface area (Å²) in [6.45, 7) is 0. The molecule has 0 heterocycles. The average molecular weight is 304 g/mol. The number of halogens is 1. The van der Waals surface area contributed by atoms with Gasteiger partial charge in [-0.1, -0.05) is 41.2 Å². The van der Waals surface area contributed by atoms with E-state index in [2.05, 4.69) is 10.9 Å². The molecule has 0 bridgehead atoms. The number of rotatable bonds is 2. The number of hydrogen-bond donors (Lipinski definition) is 1. The fourth-order valence-corrected chi connectivity index (χ4v) is 2.44. The standard InChI is InChI=1S/C20H14FNO/c1-22-13-14-2-4-16(5-3-14)19-11-8-17(12-20(19)21)15-6-9-18(23)10-7-15/h2-12H,1H3/p+1. The minimum absolute atomic E-state index is 0.193. The van der Waals surface area contributed by atoms with Crippen LogP contribution in [0, 0.1) is 11.9 Å². The minimum atomic E-state index is -0.281. The fourth-order valence-electron chi connectivity index (χ4n) is 2.44. The van der Waals surface area contributed by atoms with Crippen molar-refractivity contribution >= 4 is 0 Å². The van der Waals surface area contributed by atoms with Crippen molar-refractivity contribution in [3.63, 3.8) is 0 Å². The molecule has 0 fully saturated rings. The summed E-state index contributed by atoms with van der Waals surface area (Å²) in [4.78, 5) is 3.84. The average Bonchev–Trinajstić information content (AvgIpc) is 2.57. The number of aromatic hydroxyl groups is 1. The van der Waals surface area contributed by atoms with Gasteiger partial charge in [-0.15, -0.1) is 0 Å². The third kappa shape index (κ3) is 3.22. The number of phenolic OH excluding ortho intramolecular Hbond substituents is 1. The second kappa shape index (κ2) is 6.33. The summed E-state index contributed by atoms with van der Waals surface area (Å²) in [7, 11) is 1.66. The lowest BCUT2D eigenvalue weighted by atomic mass is 9.99. The van der Waals surface area contributed by atoms with Gasteiger partial charge in [0.1, 0.15) is 17.1 Å². The van der Waals surface area contributed by atoms with E-state index in [1.54, 1.807) is 37.4 Å². The zero-order valence-electron chi connectivity index (χ0n) is 12.6. The predicted octanol–water partition coefficient (Wildman–Crippen LogP) is 5.18. The van der Waals surface area contributed by atoms with Crippen LogP contribution in [0.2, 0.25) is 0 Å². The van der Waals surface area contributed by atoms with E-state index in [1.165, 1.54) is 6.07 Å². The molecular formula is C20H15FNO+. The van der Waals surface area contributed by atoms with E-state index in [9.17, 15) is 9.50 Å². The first kappa shape index (κ1) is 14.8. The summed E-state index contributed by atoms with van der Waals surface area (Å²) in [5.41, 5.74) is 3.85. The summed E-state index contributed by atoms with van der Waals surface area (Å²) in [6, 6.07) is 22.1. The smallest absolute Gasteiger partial charge is 0.310 e. The van der Waals surface area contributed by atoms with Gasteiger partial charge in [-0.3, -0.25) is 0 Å². The largest absolute Gasteiger partial charge is 0.508 e. The second-order valence-electron chi connectivity index (χ2n) is 5.15. The summed E-state index contributed by atoms with van der Waals surface area (Å²) in [5.74, 6) is -0.0881. The molecule has 0 unspecified atom stereocenters. The van der Waals surface area contributed by atoms with Gasteiger partial charge in [0.2, 0.25) is 0 Å². The second-order valence-corrected chi connectivity index (χ2v) is 5.15. The van der Waals surface area contributed by atoms with E-state index >= 15 is 0 Å². The lowest BCUT2D eigenvalue weighted by Gasteiger charge is -2.07. The van der Waals surface area contributed by atoms with Crippen molar-refractivity contribution in [2.24, 2.45) is 0 Å². The Kier molecular flexibility index (Phi) is 4.07. The highest BCUT2D eigenvalue weighted by molar-refractivity contribution is 5.71. The maximum atomic E-state index is 14.5. The topological polar surface area (TPSA) is 24.6 Å². The highest BCUT2D eigenvalue weighted by atomic mass is 19.1. The Bertz CT molecular complexity index is 888. The maximum Gasteiger partial charge on any atom is 0.310 e. The van der Waals surface area contributed by atoms with Crippen LogP contribution >= 0.6 is 0 Å². The molecule has 3 heteroatoms. The van der Waals surface area contributed by atoms with Crippen LogP contribution in [0.4, 0.5) is 4.39 Å². The monoisotopic (exact) mass is 304 g/mol. The molecule has 112 valence electrons. The van der Waals surface area contributed by atoms with Crippen molar-refractivity contribution in [1.29, 1.82) is 0 Å². The summed E-state index contributed by atoms with van der Waals surface area (Å²) < 4.78 is 14.5. The van der Waals surface area contributed by atoms with E-state index in [0.717, 1.165) is 22.3 Å². The molecule has 2 nitrogen and oxygen atoms in total. The number of nitrogens with zero attached hydrogens (tertiary/aromatic N) is 1. The quantitative estimate of drug-likeness (QED) is 0.693. The zero-order chi connectivity index (χ0) is 16.2. The van der Waals surface area contributed by atoms with E-state index in [0.29, 0.717) is 5.56 Å². The van der Waals surface area contributed by atoms with E-state index in [1.807, 2.05) is 30.3 Å². The molecule has 3 aromatic carbocycles. The highest BCUT2D eigenvalue weighted by Crippen LogP contribution is 2.29. The van der Waals surface area contributed by atoms with Gasteiger partial charge in [0, 0.05) is 5.56 Å². The fraction of sp³-hybridized carbons (Fsp3) is 0.0500. The third-order valence-electron chi connectivity index (χ3n) is 3.61. The molecule has 0 aliphatic heterocycles. The highest BCUT2D eigenvalue weighted by Gasteiger charge is 2.08. The molecule has 1 N–H and O–H groups in total. The van der Waals surface area contributed by atoms with Gasteiger partial charge < -0.3 is 5.11 Å². The van der Waals surface area contributed by atoms with Gasteiger partial charge >= 0.3 is 6.07 Å². The molecule has 0 saturated carbocycles. The van der Waals surface area contributed by atoms with Crippen LogP contribution in [-0.2, 0) is 0 Å². The lowest BCUT2D eigenvalue weighted by molar-refractivity contribution is 0.475. The van der Waals surface area contributed by atoms with Crippen LogP contribution in [0.1, 0.15) is 5.56 Å². The van der Waals surface area contributed by atoms with Crippen LogP contribution in [0.3, 0.4) is 0 Å². The van der Waals surface area contributed by atoms with Crippen LogP contribution in [-0.4, -0.2) is 12.2 Å². The van der Waals surface area contributed by atoms with Crippen molar-refractivity contribution in [3.05, 3.63) is 83.0 Å². The Morgan fingerprint density at radius 3 is 2.04 bits per heavy atom. The van der Waals surface area contributed by atoms with Gasteiger partial charge in [-0.2, -0.15) is 0 Å². The van der Waals surface area contributed by atoms with Crippen molar-refractivity contribution in [1.82, 2.24) is 0 Å². The van der Waals surface area contributed by atoms with Crippen molar-refractivity contribution in [3.8, 4) is 34.1 Å². The van der Waals surface area contributed by atoms with Gasteiger partial charge in [0.15, 0.2) is 0 Å². The van der Waals surface area contributed by atoms with Gasteiger partial charge in [-0.05, 0) is 47.0 Å². The predicted molar refractivity (Wildman–Crippen MR) is 91.2 cm³/mol. The molecule has 3 aromatic rings. The minimum Gasteiger partial charge on any atom is -0.508 e. The summed E-state index contributed by atoms with van der Waals surface area (Å²) in [5, 5.41) is 9.33. The van der Waals surface area contributed by atoms with Crippen molar-refractivity contribution in [2.45, 2.75) is 0 Å². The van der Waals surface area contributed by atoms with Crippen LogP contribution in [0.15, 0.2) is 66.7 Å². The Hall–Kier alpha value is -3.12. The van der Waals surface area contributed by atoms with Crippen molar-refractivity contribution < 1.29 is 9.50 Å². The van der Waals surface area contributed by atoms with Crippen LogP contribution < -0.4 is 0 Å². The maximum absolute atomic E-state index is 14.5. The van der Waals surface area contributed by atoms with E-state index < -0.39 is 0 Å². The Morgan fingerprint density at radius 1 is 0.826 bits per heavy atom. The molecule has 0 radical (unpaired) electrons. The molecule has 0 atom stereocenters. The Morgan fingerprint density at radius 2 is 1.43 bits per heavy atom. The molecule has 0 aliphatic carbocycles. The molecule has 0 spiro atoms. The molecule has 0 saturated heterocycles. The molecule has 3 rings (SSSR count). The van der Waals surface area contributed by atoms with Gasteiger partial charge in [0.25, 0.3) is 7.05 Å². The number of hydrogen-bond acceptors (Lipinski definition) is 1. The van der Waals surface area contributed by atoms with E-state index in [4.69, 9.17) is 0 Å². The van der Waals surface area contributed by atoms with Gasteiger partial charge in [0.05, 0.1) is 0 Å². The zero-order valence-corrected chi connectivity index (χ0v) is 12.6. The molecule has 0 amide bonds. The molecule has 0 aromatic heterocycles. The van der Waals surface area contributed by atoms with Crippen LogP contribution in [0.25, 0.3) is 27.1 Å². The number of benzene rings is 3. The summed E-state index contributed by atoms with van der Waals surface area (Å²) >= 11 is 0. The Labute approximate surface area is 134 Å². The van der Waals surface area contributed by atoms with Gasteiger partial charge in [-0.25, -0.2) is 4.39 Å². The molecule has 23 heavy (non-hydrogen) atoms. The first-order chi connectivity index (χ1) is 11.2. The first-order valence-corrected chi connectivity index (χ1v) is 7.21. The lowest BCUT2D eigenvalue weighted by Crippen LogP contribution is -1.87. The number of phenols is 1. The molecular weight excluding hydrogens is 289 g/mol. The van der Waals surface area contributed by atoms with Crippen molar-refractivity contribution in [2.75, 3.05) is 7.05 Å². The summed E-state index contributed by atoms with van der Waals surface area (Å²) in [6.07, 6.45) is 0. The normalized spacial score (nSPS) is 10.0. The first-order valence-electron chi connectivity index (χ1n) is 7.21. The van der Waals surface area contributed by atoms with Crippen LogP contribution in [0.5, 0.6) is 5.75 Å². The molecule has 0 aliphatic rings.